The van der Waals surface area contributed by atoms with Crippen molar-refractivity contribution < 1.29 is 9.90 Å². The smallest absolute Gasteiger partial charge is 0.162 e. The number of carbonyl (C=O) groups excluding carboxylic acids is 1. The second kappa shape index (κ2) is 3.00. The molecule has 0 aromatic rings. The van der Waals surface area contributed by atoms with E-state index in [2.05, 4.69) is 0 Å². The van der Waals surface area contributed by atoms with Crippen LogP contribution in [0.1, 0.15) is 25.7 Å². The SMILES string of the molecule is NC1CC2=C(C=C1O)C(=O)CCC2. The van der Waals surface area contributed by atoms with Crippen molar-refractivity contribution in [3.8, 4) is 0 Å². The largest absolute Gasteiger partial charge is 0.511 e. The third-order valence-electron chi connectivity index (χ3n) is 2.70. The quantitative estimate of drug-likeness (QED) is 0.587. The van der Waals surface area contributed by atoms with Crippen molar-refractivity contribution in [2.75, 3.05) is 0 Å². The summed E-state index contributed by atoms with van der Waals surface area (Å²) in [6, 6.07) is -0.301. The number of Topliss-reactive ketones (excluding diaryl/α,β-unsaturated/α-hetero) is 1. The van der Waals surface area contributed by atoms with Crippen LogP contribution in [0.25, 0.3) is 0 Å². The predicted molar refractivity (Wildman–Crippen MR) is 49.2 cm³/mol. The van der Waals surface area contributed by atoms with Crippen LogP contribution in [0.5, 0.6) is 0 Å². The Morgan fingerprint density at radius 1 is 1.46 bits per heavy atom. The van der Waals surface area contributed by atoms with Gasteiger partial charge in [0.25, 0.3) is 0 Å². The molecule has 1 unspecified atom stereocenters. The highest BCUT2D eigenvalue weighted by Gasteiger charge is 2.26. The minimum Gasteiger partial charge on any atom is -0.511 e. The lowest BCUT2D eigenvalue weighted by Gasteiger charge is -2.24. The van der Waals surface area contributed by atoms with Gasteiger partial charge in [-0.05, 0) is 25.3 Å². The molecule has 0 saturated heterocycles. The van der Waals surface area contributed by atoms with Crippen molar-refractivity contribution in [3.05, 3.63) is 23.0 Å². The minimum atomic E-state index is -0.301. The fourth-order valence-electron chi connectivity index (χ4n) is 1.95. The molecule has 13 heavy (non-hydrogen) atoms. The number of aliphatic hydroxyl groups excluding tert-OH is 1. The van der Waals surface area contributed by atoms with Gasteiger partial charge in [0.05, 0.1) is 6.04 Å². The maximum absolute atomic E-state index is 11.4. The molecule has 0 spiro atoms. The highest BCUT2D eigenvalue weighted by atomic mass is 16.3. The maximum atomic E-state index is 11.4. The first-order chi connectivity index (χ1) is 6.18. The van der Waals surface area contributed by atoms with E-state index in [0.29, 0.717) is 18.4 Å². The number of allylic oxidation sites excluding steroid dienone is 2. The molecule has 0 aromatic heterocycles. The average Bonchev–Trinajstić information content (AvgIpc) is 2.09. The van der Waals surface area contributed by atoms with Gasteiger partial charge in [-0.25, -0.2) is 0 Å². The molecule has 3 heteroatoms. The van der Waals surface area contributed by atoms with E-state index in [4.69, 9.17) is 5.73 Å². The molecule has 0 heterocycles. The topological polar surface area (TPSA) is 63.3 Å². The zero-order chi connectivity index (χ0) is 9.42. The lowest BCUT2D eigenvalue weighted by atomic mass is 9.83. The van der Waals surface area contributed by atoms with Gasteiger partial charge in [0, 0.05) is 12.0 Å². The molecule has 2 rings (SSSR count). The molecular weight excluding hydrogens is 166 g/mol. The first-order valence-corrected chi connectivity index (χ1v) is 4.60. The molecular formula is C10H13NO2. The van der Waals surface area contributed by atoms with Crippen LogP contribution in [0.15, 0.2) is 23.0 Å². The minimum absolute atomic E-state index is 0.147. The molecule has 3 N–H and O–H groups in total. The Bertz CT molecular complexity index is 315. The van der Waals surface area contributed by atoms with E-state index in [1.165, 1.54) is 0 Å². The van der Waals surface area contributed by atoms with Gasteiger partial charge in [0.1, 0.15) is 5.76 Å². The van der Waals surface area contributed by atoms with E-state index < -0.39 is 0 Å². The molecule has 1 atom stereocenters. The predicted octanol–water partition coefficient (Wildman–Crippen LogP) is 1.21. The lowest BCUT2D eigenvalue weighted by Crippen LogP contribution is -2.28. The van der Waals surface area contributed by atoms with Crippen molar-refractivity contribution in [2.24, 2.45) is 5.73 Å². The standard InChI is InChI=1S/C10H13NO2/c11-8-4-6-2-1-3-9(12)7(6)5-10(8)13/h5,8,13H,1-4,11H2. The van der Waals surface area contributed by atoms with E-state index in [1.807, 2.05) is 0 Å². The average molecular weight is 179 g/mol. The Kier molecular flexibility index (Phi) is 1.96. The third kappa shape index (κ3) is 1.40. The summed E-state index contributed by atoms with van der Waals surface area (Å²) in [6.45, 7) is 0. The summed E-state index contributed by atoms with van der Waals surface area (Å²) < 4.78 is 0. The normalized spacial score (nSPS) is 28.5. The lowest BCUT2D eigenvalue weighted by molar-refractivity contribution is -0.115. The van der Waals surface area contributed by atoms with Crippen molar-refractivity contribution in [3.63, 3.8) is 0 Å². The van der Waals surface area contributed by atoms with Crippen LogP contribution in [0.2, 0.25) is 0 Å². The van der Waals surface area contributed by atoms with Crippen LogP contribution >= 0.6 is 0 Å². The van der Waals surface area contributed by atoms with Crippen LogP contribution in [0.3, 0.4) is 0 Å². The number of nitrogens with two attached hydrogens (primary N) is 1. The molecule has 0 aliphatic heterocycles. The summed E-state index contributed by atoms with van der Waals surface area (Å²) in [7, 11) is 0. The fourth-order valence-corrected chi connectivity index (χ4v) is 1.95. The van der Waals surface area contributed by atoms with Gasteiger partial charge in [-0.1, -0.05) is 5.57 Å². The summed E-state index contributed by atoms with van der Waals surface area (Å²) in [5.74, 6) is 0.300. The molecule has 0 radical (unpaired) electrons. The maximum Gasteiger partial charge on any atom is 0.162 e. The van der Waals surface area contributed by atoms with Crippen molar-refractivity contribution in [2.45, 2.75) is 31.7 Å². The number of hydrogen-bond acceptors (Lipinski definition) is 3. The number of carbonyl (C=O) groups is 1. The second-order valence-electron chi connectivity index (χ2n) is 3.67. The Morgan fingerprint density at radius 3 is 3.00 bits per heavy atom. The molecule has 0 bridgehead atoms. The third-order valence-corrected chi connectivity index (χ3v) is 2.70. The van der Waals surface area contributed by atoms with E-state index in [9.17, 15) is 9.90 Å². The molecule has 70 valence electrons. The van der Waals surface area contributed by atoms with Gasteiger partial charge < -0.3 is 10.8 Å². The van der Waals surface area contributed by atoms with Crippen LogP contribution in [-0.2, 0) is 4.79 Å². The Morgan fingerprint density at radius 2 is 2.23 bits per heavy atom. The summed E-state index contributed by atoms with van der Waals surface area (Å²) in [6.07, 6.45) is 4.68. The Labute approximate surface area is 76.9 Å². The highest BCUT2D eigenvalue weighted by molar-refractivity contribution is 6.00. The summed E-state index contributed by atoms with van der Waals surface area (Å²) in [4.78, 5) is 11.4. The van der Waals surface area contributed by atoms with E-state index in [0.717, 1.165) is 18.4 Å². The van der Waals surface area contributed by atoms with Crippen LogP contribution in [0.4, 0.5) is 0 Å². The number of rotatable bonds is 0. The van der Waals surface area contributed by atoms with E-state index in [-0.39, 0.29) is 17.6 Å². The van der Waals surface area contributed by atoms with Gasteiger partial charge >= 0.3 is 0 Å². The number of ketones is 1. The molecule has 0 aromatic carbocycles. The van der Waals surface area contributed by atoms with Crippen LogP contribution in [0, 0.1) is 0 Å². The van der Waals surface area contributed by atoms with Crippen molar-refractivity contribution in [1.29, 1.82) is 0 Å². The summed E-state index contributed by atoms with van der Waals surface area (Å²) in [5, 5.41) is 9.38. The van der Waals surface area contributed by atoms with E-state index in [1.54, 1.807) is 6.08 Å². The number of aliphatic hydroxyl groups is 1. The second-order valence-corrected chi connectivity index (χ2v) is 3.67. The molecule has 0 fully saturated rings. The molecule has 2 aliphatic carbocycles. The zero-order valence-corrected chi connectivity index (χ0v) is 7.42. The van der Waals surface area contributed by atoms with Gasteiger partial charge in [0.2, 0.25) is 0 Å². The summed E-state index contributed by atoms with van der Waals surface area (Å²) >= 11 is 0. The van der Waals surface area contributed by atoms with Gasteiger partial charge in [-0.3, -0.25) is 4.79 Å². The van der Waals surface area contributed by atoms with Crippen LogP contribution in [-0.4, -0.2) is 16.9 Å². The Hall–Kier alpha value is -1.09. The fraction of sp³-hybridized carbons (Fsp3) is 0.500. The first-order valence-electron chi connectivity index (χ1n) is 4.60. The zero-order valence-electron chi connectivity index (χ0n) is 7.42. The van der Waals surface area contributed by atoms with Crippen molar-refractivity contribution in [1.82, 2.24) is 0 Å². The monoisotopic (exact) mass is 179 g/mol. The summed E-state index contributed by atoms with van der Waals surface area (Å²) in [5.41, 5.74) is 7.51. The van der Waals surface area contributed by atoms with Gasteiger partial charge in [-0.2, -0.15) is 0 Å². The van der Waals surface area contributed by atoms with Crippen LogP contribution < -0.4 is 5.73 Å². The molecule has 2 aliphatic rings. The first kappa shape index (κ1) is 8.51. The molecule has 0 amide bonds. The molecule has 0 saturated carbocycles. The van der Waals surface area contributed by atoms with Gasteiger partial charge in [0.15, 0.2) is 5.78 Å². The van der Waals surface area contributed by atoms with Gasteiger partial charge in [-0.15, -0.1) is 0 Å². The number of hydrogen-bond donors (Lipinski definition) is 2. The van der Waals surface area contributed by atoms with Crippen molar-refractivity contribution >= 4 is 5.78 Å². The highest BCUT2D eigenvalue weighted by Crippen LogP contribution is 2.31. The molecule has 3 nitrogen and oxygen atoms in total. The Balaban J connectivity index is 2.37. The van der Waals surface area contributed by atoms with E-state index >= 15 is 0 Å².